The minimum absolute atomic E-state index is 0.0108. The summed E-state index contributed by atoms with van der Waals surface area (Å²) in [6.07, 6.45) is 4.06. The van der Waals surface area contributed by atoms with Crippen molar-refractivity contribution in [2.75, 3.05) is 39.3 Å². The van der Waals surface area contributed by atoms with Crippen LogP contribution in [0.1, 0.15) is 46.1 Å². The van der Waals surface area contributed by atoms with Crippen molar-refractivity contribution in [3.05, 3.63) is 77.5 Å². The van der Waals surface area contributed by atoms with Gasteiger partial charge in [-0.1, -0.05) is 12.1 Å². The van der Waals surface area contributed by atoms with Gasteiger partial charge in [0.25, 0.3) is 5.91 Å². The maximum atomic E-state index is 13.5. The molecule has 43 heavy (non-hydrogen) atoms. The maximum Gasteiger partial charge on any atom is 0.254 e. The standard InChI is InChI=1S/C31H36N8O4/c1-21-15-22(2)38(35-21)12-8-29(40)37-18-26-23-5-3-6-25(16-23)43-14-13-36(10-4-9-32-30(41)27(26)19-37)31(42)24-7-11-39-28(17-24)33-20-34-39/h3,5-7,11,15-17,20,26-27H,4,8-10,12-14,18-19H2,1-2H3,(H,32,41)/t26-,27+/m1/s1. The van der Waals surface area contributed by atoms with Crippen LogP contribution in [0.3, 0.4) is 0 Å². The molecule has 6 rings (SSSR count). The first-order valence-electron chi connectivity index (χ1n) is 14.7. The molecule has 0 unspecified atom stereocenters. The monoisotopic (exact) mass is 584 g/mol. The predicted octanol–water partition coefficient (Wildman–Crippen LogP) is 2.22. The molecule has 0 spiro atoms. The molecule has 3 amide bonds. The number of hydrogen-bond acceptors (Lipinski definition) is 7. The molecule has 2 aliphatic heterocycles. The van der Waals surface area contributed by atoms with Crippen LogP contribution in [0.25, 0.3) is 5.65 Å². The lowest BCUT2D eigenvalue weighted by Crippen LogP contribution is -2.39. The zero-order valence-corrected chi connectivity index (χ0v) is 24.5. The summed E-state index contributed by atoms with van der Waals surface area (Å²) in [5.74, 6) is -0.0706. The highest BCUT2D eigenvalue weighted by Gasteiger charge is 2.40. The number of aryl methyl sites for hydroxylation is 3. The number of likely N-dealkylation sites (tertiary alicyclic amines) is 1. The SMILES string of the molecule is Cc1cc(C)n(CCC(=O)N2C[C@@H]3C(=O)NCCCN(C(=O)c4ccn5ncnc5c4)CCOc4cccc(c4)[C@H]3C2)n1. The number of nitrogens with zero attached hydrogens (tertiary/aromatic N) is 7. The fourth-order valence-electron chi connectivity index (χ4n) is 6.04. The molecule has 4 aromatic rings. The van der Waals surface area contributed by atoms with E-state index in [0.717, 1.165) is 17.0 Å². The van der Waals surface area contributed by atoms with Gasteiger partial charge in [-0.15, -0.1) is 0 Å². The normalized spacial score (nSPS) is 19.4. The fraction of sp³-hybridized carbons (Fsp3) is 0.419. The number of nitrogens with one attached hydrogen (secondary N) is 1. The Hall–Kier alpha value is -4.74. The molecule has 0 radical (unpaired) electrons. The van der Waals surface area contributed by atoms with Crippen molar-refractivity contribution in [3.8, 4) is 5.75 Å². The lowest BCUT2D eigenvalue weighted by molar-refractivity contribution is -0.131. The van der Waals surface area contributed by atoms with Crippen LogP contribution in [-0.2, 0) is 16.1 Å². The molecular weight excluding hydrogens is 548 g/mol. The van der Waals surface area contributed by atoms with E-state index in [1.165, 1.54) is 6.33 Å². The van der Waals surface area contributed by atoms with E-state index in [4.69, 9.17) is 4.74 Å². The number of hydrogen-bond donors (Lipinski definition) is 1. The van der Waals surface area contributed by atoms with Crippen molar-refractivity contribution < 1.29 is 19.1 Å². The van der Waals surface area contributed by atoms with Gasteiger partial charge in [0, 0.05) is 62.5 Å². The van der Waals surface area contributed by atoms with Gasteiger partial charge >= 0.3 is 0 Å². The predicted molar refractivity (Wildman–Crippen MR) is 158 cm³/mol. The summed E-state index contributed by atoms with van der Waals surface area (Å²) < 4.78 is 9.57. The molecule has 2 atom stereocenters. The quantitative estimate of drug-likeness (QED) is 0.390. The van der Waals surface area contributed by atoms with Gasteiger partial charge < -0.3 is 19.9 Å². The number of pyridine rings is 1. The van der Waals surface area contributed by atoms with Crippen molar-refractivity contribution in [2.24, 2.45) is 5.92 Å². The third kappa shape index (κ3) is 6.23. The maximum absolute atomic E-state index is 13.5. The van der Waals surface area contributed by atoms with Gasteiger partial charge in [-0.2, -0.15) is 10.2 Å². The summed E-state index contributed by atoms with van der Waals surface area (Å²) in [5.41, 5.74) is 4.02. The molecule has 0 aliphatic carbocycles. The summed E-state index contributed by atoms with van der Waals surface area (Å²) >= 11 is 0. The van der Waals surface area contributed by atoms with Crippen molar-refractivity contribution in [1.29, 1.82) is 0 Å². The minimum Gasteiger partial charge on any atom is -0.492 e. The topological polar surface area (TPSA) is 127 Å². The second-order valence-corrected chi connectivity index (χ2v) is 11.2. The number of ether oxygens (including phenoxy) is 1. The Morgan fingerprint density at radius 1 is 1.05 bits per heavy atom. The molecule has 2 bridgehead atoms. The van der Waals surface area contributed by atoms with Crippen molar-refractivity contribution in [1.82, 2.24) is 39.5 Å². The van der Waals surface area contributed by atoms with E-state index >= 15 is 0 Å². The number of carbonyl (C=O) groups excluding carboxylic acids is 3. The number of benzene rings is 1. The molecular formula is C31H36N8O4. The third-order valence-electron chi connectivity index (χ3n) is 8.29. The molecule has 1 saturated heterocycles. The number of fused-ring (bicyclic) bond motifs is 5. The summed E-state index contributed by atoms with van der Waals surface area (Å²) in [6.45, 7) is 6.82. The Morgan fingerprint density at radius 2 is 1.91 bits per heavy atom. The number of aromatic nitrogens is 5. The van der Waals surface area contributed by atoms with Crippen LogP contribution < -0.4 is 10.1 Å². The molecule has 224 valence electrons. The van der Waals surface area contributed by atoms with Gasteiger partial charge in [0.05, 0.1) is 18.2 Å². The highest BCUT2D eigenvalue weighted by molar-refractivity contribution is 5.95. The zero-order valence-electron chi connectivity index (χ0n) is 24.5. The lowest BCUT2D eigenvalue weighted by atomic mass is 9.88. The summed E-state index contributed by atoms with van der Waals surface area (Å²) in [4.78, 5) is 47.9. The molecule has 12 nitrogen and oxygen atoms in total. The van der Waals surface area contributed by atoms with Gasteiger partial charge in [0.1, 0.15) is 18.7 Å². The Labute approximate surface area is 249 Å². The van der Waals surface area contributed by atoms with Crippen molar-refractivity contribution in [2.45, 2.75) is 39.2 Å². The molecule has 1 fully saturated rings. The summed E-state index contributed by atoms with van der Waals surface area (Å²) in [7, 11) is 0. The van der Waals surface area contributed by atoms with Crippen molar-refractivity contribution >= 4 is 23.4 Å². The van der Waals surface area contributed by atoms with Crippen LogP contribution in [0.2, 0.25) is 0 Å². The van der Waals surface area contributed by atoms with Crippen LogP contribution in [0, 0.1) is 19.8 Å². The average Bonchev–Trinajstić information content (AvgIpc) is 3.74. The Balaban J connectivity index is 1.16. The molecule has 0 saturated carbocycles. The average molecular weight is 585 g/mol. The zero-order chi connectivity index (χ0) is 29.9. The molecule has 5 heterocycles. The van der Waals surface area contributed by atoms with Gasteiger partial charge in [0.15, 0.2) is 5.65 Å². The van der Waals surface area contributed by atoms with Crippen LogP contribution >= 0.6 is 0 Å². The number of rotatable bonds is 4. The van der Waals surface area contributed by atoms with E-state index in [2.05, 4.69) is 20.5 Å². The first-order chi connectivity index (χ1) is 20.9. The van der Waals surface area contributed by atoms with Gasteiger partial charge in [0.2, 0.25) is 11.8 Å². The highest BCUT2D eigenvalue weighted by Crippen LogP contribution is 2.35. The second kappa shape index (κ2) is 12.2. The number of amides is 3. The number of carbonyl (C=O) groups is 3. The van der Waals surface area contributed by atoms with E-state index in [0.29, 0.717) is 75.7 Å². The Morgan fingerprint density at radius 3 is 2.74 bits per heavy atom. The molecule has 1 aromatic carbocycles. The minimum atomic E-state index is -0.386. The fourth-order valence-corrected chi connectivity index (χ4v) is 6.04. The van der Waals surface area contributed by atoms with Crippen LogP contribution in [0.4, 0.5) is 0 Å². The van der Waals surface area contributed by atoms with E-state index in [-0.39, 0.29) is 29.6 Å². The molecule has 3 aromatic heterocycles. The smallest absolute Gasteiger partial charge is 0.254 e. The molecule has 1 N–H and O–H groups in total. The second-order valence-electron chi connectivity index (χ2n) is 11.2. The molecule has 12 heteroatoms. The Bertz CT molecular complexity index is 1650. The van der Waals surface area contributed by atoms with E-state index in [1.807, 2.05) is 48.9 Å². The molecule has 2 aliphatic rings. The van der Waals surface area contributed by atoms with Crippen LogP contribution in [0.5, 0.6) is 5.75 Å². The van der Waals surface area contributed by atoms with E-state index in [9.17, 15) is 14.4 Å². The van der Waals surface area contributed by atoms with Crippen LogP contribution in [0.15, 0.2) is 55.0 Å². The van der Waals surface area contributed by atoms with Gasteiger partial charge in [-0.05, 0) is 56.2 Å². The lowest BCUT2D eigenvalue weighted by Gasteiger charge is -2.24. The first-order valence-corrected chi connectivity index (χ1v) is 14.7. The van der Waals surface area contributed by atoms with Crippen molar-refractivity contribution in [3.63, 3.8) is 0 Å². The Kier molecular flexibility index (Phi) is 8.08. The van der Waals surface area contributed by atoms with E-state index < -0.39 is 0 Å². The van der Waals surface area contributed by atoms with Gasteiger partial charge in [-0.3, -0.25) is 19.1 Å². The van der Waals surface area contributed by atoms with Crippen LogP contribution in [-0.4, -0.2) is 91.2 Å². The summed E-state index contributed by atoms with van der Waals surface area (Å²) in [5, 5.41) is 11.6. The third-order valence-corrected chi connectivity index (χ3v) is 8.29. The van der Waals surface area contributed by atoms with E-state index in [1.54, 1.807) is 32.6 Å². The first kappa shape index (κ1) is 28.4. The van der Waals surface area contributed by atoms with Gasteiger partial charge in [-0.25, -0.2) is 9.50 Å². The largest absolute Gasteiger partial charge is 0.492 e. The summed E-state index contributed by atoms with van der Waals surface area (Å²) in [6, 6.07) is 13.2. The highest BCUT2D eigenvalue weighted by atomic mass is 16.5.